The smallest absolute Gasteiger partial charge is 0.219 e. The van der Waals surface area contributed by atoms with Gasteiger partial charge in [-0.05, 0) is 32.9 Å². The van der Waals surface area contributed by atoms with Crippen LogP contribution in [-0.4, -0.2) is 29.2 Å². The van der Waals surface area contributed by atoms with Crippen LogP contribution in [0.5, 0.6) is 5.88 Å². The molecule has 1 saturated heterocycles. The van der Waals surface area contributed by atoms with E-state index in [9.17, 15) is 0 Å². The van der Waals surface area contributed by atoms with Crippen LogP contribution in [0.25, 0.3) is 0 Å². The molecule has 0 atom stereocenters. The maximum absolute atomic E-state index is 5.79. The van der Waals surface area contributed by atoms with Crippen molar-refractivity contribution in [3.05, 3.63) is 18.1 Å². The van der Waals surface area contributed by atoms with E-state index in [0.717, 1.165) is 37.4 Å². The quantitative estimate of drug-likeness (QED) is 0.832. The highest BCUT2D eigenvalue weighted by molar-refractivity contribution is 5.85. The Morgan fingerprint density at radius 3 is 2.80 bits per heavy atom. The second-order valence-electron chi connectivity index (χ2n) is 3.58. The van der Waals surface area contributed by atoms with E-state index in [0.29, 0.717) is 6.10 Å². The number of hydrogen-bond donors (Lipinski definition) is 1. The second-order valence-corrected chi connectivity index (χ2v) is 3.58. The summed E-state index contributed by atoms with van der Waals surface area (Å²) >= 11 is 0. The van der Waals surface area contributed by atoms with Crippen molar-refractivity contribution in [3.63, 3.8) is 0 Å². The summed E-state index contributed by atoms with van der Waals surface area (Å²) in [6.07, 6.45) is 5.74. The Hall–Kier alpha value is -0.870. The van der Waals surface area contributed by atoms with Crippen LogP contribution >= 0.6 is 12.4 Å². The van der Waals surface area contributed by atoms with E-state index in [4.69, 9.17) is 4.74 Å². The molecule has 1 N–H and O–H groups in total. The van der Waals surface area contributed by atoms with E-state index >= 15 is 0 Å². The normalized spacial score (nSPS) is 16.9. The fourth-order valence-electron chi connectivity index (χ4n) is 1.58. The first-order valence-corrected chi connectivity index (χ1v) is 5.00. The molecule has 4 nitrogen and oxygen atoms in total. The highest BCUT2D eigenvalue weighted by Crippen LogP contribution is 2.16. The van der Waals surface area contributed by atoms with E-state index in [1.807, 2.05) is 6.92 Å². The van der Waals surface area contributed by atoms with E-state index in [-0.39, 0.29) is 12.4 Å². The summed E-state index contributed by atoms with van der Waals surface area (Å²) in [6, 6.07) is 0. The van der Waals surface area contributed by atoms with Crippen LogP contribution in [0.2, 0.25) is 0 Å². The van der Waals surface area contributed by atoms with Gasteiger partial charge in [0.15, 0.2) is 0 Å². The van der Waals surface area contributed by atoms with E-state index in [1.165, 1.54) is 6.33 Å². The lowest BCUT2D eigenvalue weighted by Crippen LogP contribution is -2.34. The molecule has 0 aliphatic carbocycles. The molecule has 0 radical (unpaired) electrons. The molecule has 0 spiro atoms. The summed E-state index contributed by atoms with van der Waals surface area (Å²) in [7, 11) is 0. The zero-order valence-electron chi connectivity index (χ0n) is 8.77. The van der Waals surface area contributed by atoms with Gasteiger partial charge < -0.3 is 10.1 Å². The number of nitrogens with zero attached hydrogens (tertiary/aromatic N) is 2. The van der Waals surface area contributed by atoms with Gasteiger partial charge in [-0.3, -0.25) is 0 Å². The molecule has 0 saturated carbocycles. The maximum atomic E-state index is 5.79. The Balaban J connectivity index is 0.00000112. The highest BCUT2D eigenvalue weighted by atomic mass is 35.5. The molecule has 2 heterocycles. The van der Waals surface area contributed by atoms with Gasteiger partial charge >= 0.3 is 0 Å². The molecule has 5 heteroatoms. The lowest BCUT2D eigenvalue weighted by Gasteiger charge is -2.23. The minimum absolute atomic E-state index is 0. The Kier molecular flexibility index (Phi) is 4.78. The van der Waals surface area contributed by atoms with E-state index in [2.05, 4.69) is 15.3 Å². The van der Waals surface area contributed by atoms with E-state index in [1.54, 1.807) is 6.20 Å². The van der Waals surface area contributed by atoms with Gasteiger partial charge in [0.2, 0.25) is 5.88 Å². The molecular weight excluding hydrogens is 214 g/mol. The standard InChI is InChI=1S/C10H15N3O.ClH/c1-8-6-12-7-13-10(8)14-9-2-4-11-5-3-9;/h6-7,9,11H,2-5H2,1H3;1H. The molecule has 0 aromatic carbocycles. The molecule has 1 aromatic rings. The van der Waals surface area contributed by atoms with Crippen LogP contribution in [0.4, 0.5) is 0 Å². The molecule has 2 rings (SSSR count). The monoisotopic (exact) mass is 229 g/mol. The predicted molar refractivity (Wildman–Crippen MR) is 60.5 cm³/mol. The minimum atomic E-state index is 0. The van der Waals surface area contributed by atoms with Crippen molar-refractivity contribution in [2.24, 2.45) is 0 Å². The third-order valence-corrected chi connectivity index (χ3v) is 2.41. The lowest BCUT2D eigenvalue weighted by atomic mass is 10.1. The number of rotatable bonds is 2. The Morgan fingerprint density at radius 1 is 1.40 bits per heavy atom. The van der Waals surface area contributed by atoms with Gasteiger partial charge in [-0.25, -0.2) is 9.97 Å². The van der Waals surface area contributed by atoms with Crippen LogP contribution < -0.4 is 10.1 Å². The summed E-state index contributed by atoms with van der Waals surface area (Å²) in [5.74, 6) is 0.729. The van der Waals surface area contributed by atoms with Crippen molar-refractivity contribution in [3.8, 4) is 5.88 Å². The zero-order chi connectivity index (χ0) is 9.80. The third kappa shape index (κ3) is 3.32. The van der Waals surface area contributed by atoms with Crippen LogP contribution in [-0.2, 0) is 0 Å². The SMILES string of the molecule is Cc1cncnc1OC1CCNCC1.Cl. The van der Waals surface area contributed by atoms with Gasteiger partial charge in [0.05, 0.1) is 0 Å². The molecule has 15 heavy (non-hydrogen) atoms. The molecule has 84 valence electrons. The molecule has 1 fully saturated rings. The number of aromatic nitrogens is 2. The molecule has 1 aromatic heterocycles. The fourth-order valence-corrected chi connectivity index (χ4v) is 1.58. The number of ether oxygens (including phenoxy) is 1. The summed E-state index contributed by atoms with van der Waals surface area (Å²) < 4.78 is 5.79. The molecule has 0 amide bonds. The summed E-state index contributed by atoms with van der Waals surface area (Å²) in [5, 5.41) is 3.30. The Labute approximate surface area is 95.9 Å². The average molecular weight is 230 g/mol. The number of piperidine rings is 1. The van der Waals surface area contributed by atoms with Gasteiger partial charge in [0.25, 0.3) is 0 Å². The van der Waals surface area contributed by atoms with Crippen molar-refractivity contribution in [1.82, 2.24) is 15.3 Å². The van der Waals surface area contributed by atoms with Crippen molar-refractivity contribution in [2.45, 2.75) is 25.9 Å². The number of hydrogen-bond acceptors (Lipinski definition) is 4. The first kappa shape index (κ1) is 12.2. The molecular formula is C10H16ClN3O. The third-order valence-electron chi connectivity index (χ3n) is 2.41. The Bertz CT molecular complexity index is 302. The van der Waals surface area contributed by atoms with Gasteiger partial charge in [0.1, 0.15) is 12.4 Å². The number of aryl methyl sites for hydroxylation is 1. The van der Waals surface area contributed by atoms with Gasteiger partial charge in [0, 0.05) is 11.8 Å². The largest absolute Gasteiger partial charge is 0.474 e. The van der Waals surface area contributed by atoms with Crippen molar-refractivity contribution in [2.75, 3.05) is 13.1 Å². The summed E-state index contributed by atoms with van der Waals surface area (Å²) in [5.41, 5.74) is 1.01. The van der Waals surface area contributed by atoms with Crippen LogP contribution in [0.1, 0.15) is 18.4 Å². The summed E-state index contributed by atoms with van der Waals surface area (Å²) in [4.78, 5) is 8.05. The van der Waals surface area contributed by atoms with Crippen LogP contribution in [0.3, 0.4) is 0 Å². The molecule has 1 aliphatic rings. The zero-order valence-corrected chi connectivity index (χ0v) is 9.59. The minimum Gasteiger partial charge on any atom is -0.474 e. The molecule has 1 aliphatic heterocycles. The van der Waals surface area contributed by atoms with Crippen LogP contribution in [0.15, 0.2) is 12.5 Å². The van der Waals surface area contributed by atoms with Crippen molar-refractivity contribution < 1.29 is 4.74 Å². The topological polar surface area (TPSA) is 47.0 Å². The molecule has 0 unspecified atom stereocenters. The lowest BCUT2D eigenvalue weighted by molar-refractivity contribution is 0.154. The van der Waals surface area contributed by atoms with Gasteiger partial charge in [-0.15, -0.1) is 12.4 Å². The van der Waals surface area contributed by atoms with Crippen molar-refractivity contribution in [1.29, 1.82) is 0 Å². The van der Waals surface area contributed by atoms with Crippen LogP contribution in [0, 0.1) is 6.92 Å². The average Bonchev–Trinajstić information content (AvgIpc) is 2.23. The van der Waals surface area contributed by atoms with E-state index < -0.39 is 0 Å². The number of nitrogens with one attached hydrogen (secondary N) is 1. The van der Waals surface area contributed by atoms with Gasteiger partial charge in [-0.2, -0.15) is 0 Å². The second kappa shape index (κ2) is 5.88. The van der Waals surface area contributed by atoms with Gasteiger partial charge in [-0.1, -0.05) is 0 Å². The fraction of sp³-hybridized carbons (Fsp3) is 0.600. The van der Waals surface area contributed by atoms with Crippen molar-refractivity contribution >= 4 is 12.4 Å². The maximum Gasteiger partial charge on any atom is 0.219 e. The predicted octanol–water partition coefficient (Wildman–Crippen LogP) is 1.34. The summed E-state index contributed by atoms with van der Waals surface area (Å²) in [6.45, 7) is 4.04. The molecule has 0 bridgehead atoms. The Morgan fingerprint density at radius 2 is 2.13 bits per heavy atom. The number of halogens is 1. The first-order valence-electron chi connectivity index (χ1n) is 5.00. The first-order chi connectivity index (χ1) is 6.86. The highest BCUT2D eigenvalue weighted by Gasteiger charge is 2.15.